The second-order valence-corrected chi connectivity index (χ2v) is 6.72. The summed E-state index contributed by atoms with van der Waals surface area (Å²) in [5.41, 5.74) is 1.41. The normalized spacial score (nSPS) is 11.0. The number of carbonyl (C=O) groups excluding carboxylic acids is 1. The molecule has 0 fully saturated rings. The lowest BCUT2D eigenvalue weighted by molar-refractivity contribution is -0.113. The molecule has 0 aliphatic carbocycles. The van der Waals surface area contributed by atoms with E-state index in [0.717, 1.165) is 10.9 Å². The molecule has 0 atom stereocenters. The second-order valence-electron chi connectivity index (χ2n) is 5.72. The Balaban J connectivity index is 1.65. The molecule has 0 bridgehead atoms. The Kier molecular flexibility index (Phi) is 5.18. The van der Waals surface area contributed by atoms with Gasteiger partial charge >= 0.3 is 0 Å². The monoisotopic (exact) mass is 357 g/mol. The number of rotatable bonds is 6. The van der Waals surface area contributed by atoms with Crippen LogP contribution in [0.15, 0.2) is 41.4 Å². The Hall–Kier alpha value is -2.61. The van der Waals surface area contributed by atoms with E-state index in [-0.39, 0.29) is 17.6 Å². The van der Waals surface area contributed by atoms with Gasteiger partial charge in [0.25, 0.3) is 0 Å². The minimum atomic E-state index is -0.104. The molecule has 25 heavy (non-hydrogen) atoms. The van der Waals surface area contributed by atoms with E-state index in [1.165, 1.54) is 11.8 Å². The van der Waals surface area contributed by atoms with Crippen LogP contribution >= 0.6 is 11.8 Å². The van der Waals surface area contributed by atoms with Crippen LogP contribution in [0.2, 0.25) is 0 Å². The summed E-state index contributed by atoms with van der Waals surface area (Å²) in [6.45, 7) is 4.08. The standard InChI is InChI=1S/C17H19N5O2S/c1-11(2)17-20-19-14-7-8-16(21-22(14)17)25-10-15(23)18-12-5-4-6-13(9-12)24-3/h4-9,11H,10H2,1-3H3,(H,18,23). The third kappa shape index (κ3) is 4.08. The van der Waals surface area contributed by atoms with Crippen molar-refractivity contribution in [2.24, 2.45) is 0 Å². The summed E-state index contributed by atoms with van der Waals surface area (Å²) in [5.74, 6) is 1.88. The molecule has 1 N–H and O–H groups in total. The predicted octanol–water partition coefficient (Wildman–Crippen LogP) is 2.99. The number of hydrogen-bond acceptors (Lipinski definition) is 6. The average Bonchev–Trinajstić information content (AvgIpc) is 3.03. The molecule has 0 aliphatic heterocycles. The number of benzene rings is 1. The van der Waals surface area contributed by atoms with Gasteiger partial charge in [0.05, 0.1) is 12.9 Å². The summed E-state index contributed by atoms with van der Waals surface area (Å²) in [6, 6.07) is 11.0. The molecule has 1 amide bonds. The fourth-order valence-corrected chi connectivity index (χ4v) is 2.92. The smallest absolute Gasteiger partial charge is 0.234 e. The van der Waals surface area contributed by atoms with E-state index < -0.39 is 0 Å². The fraction of sp³-hybridized carbons (Fsp3) is 0.294. The van der Waals surface area contributed by atoms with Gasteiger partial charge in [-0.2, -0.15) is 9.61 Å². The second kappa shape index (κ2) is 7.52. The zero-order chi connectivity index (χ0) is 17.8. The number of nitrogens with one attached hydrogen (secondary N) is 1. The first-order chi connectivity index (χ1) is 12.1. The van der Waals surface area contributed by atoms with Gasteiger partial charge in [-0.05, 0) is 24.3 Å². The Labute approximate surface area is 149 Å². The number of amides is 1. The predicted molar refractivity (Wildman–Crippen MR) is 97.2 cm³/mol. The molecular weight excluding hydrogens is 338 g/mol. The Morgan fingerprint density at radius 2 is 2.12 bits per heavy atom. The van der Waals surface area contributed by atoms with Crippen LogP contribution in [0.3, 0.4) is 0 Å². The highest BCUT2D eigenvalue weighted by atomic mass is 32.2. The topological polar surface area (TPSA) is 81.4 Å². The molecule has 0 saturated heterocycles. The van der Waals surface area contributed by atoms with Gasteiger partial charge in [0, 0.05) is 17.7 Å². The molecule has 0 spiro atoms. The van der Waals surface area contributed by atoms with Gasteiger partial charge in [0.2, 0.25) is 5.91 Å². The summed E-state index contributed by atoms with van der Waals surface area (Å²) < 4.78 is 6.88. The number of fused-ring (bicyclic) bond motifs is 1. The van der Waals surface area contributed by atoms with Crippen molar-refractivity contribution in [2.75, 3.05) is 18.2 Å². The first-order valence-corrected chi connectivity index (χ1v) is 8.84. The summed E-state index contributed by atoms with van der Waals surface area (Å²) in [5, 5.41) is 16.4. The van der Waals surface area contributed by atoms with Gasteiger partial charge in [0.1, 0.15) is 10.8 Å². The first-order valence-electron chi connectivity index (χ1n) is 7.86. The van der Waals surface area contributed by atoms with Gasteiger partial charge < -0.3 is 10.1 Å². The number of nitrogens with zero attached hydrogens (tertiary/aromatic N) is 4. The van der Waals surface area contributed by atoms with Crippen molar-refractivity contribution in [2.45, 2.75) is 24.8 Å². The number of methoxy groups -OCH3 is 1. The zero-order valence-corrected chi connectivity index (χ0v) is 15.1. The molecule has 1 aromatic carbocycles. The van der Waals surface area contributed by atoms with Crippen molar-refractivity contribution in [3.8, 4) is 5.75 Å². The van der Waals surface area contributed by atoms with Crippen LogP contribution in [0.1, 0.15) is 25.6 Å². The van der Waals surface area contributed by atoms with E-state index in [0.29, 0.717) is 17.1 Å². The van der Waals surface area contributed by atoms with Gasteiger partial charge in [-0.1, -0.05) is 31.7 Å². The maximum atomic E-state index is 12.1. The molecular formula is C17H19N5O2S. The van der Waals surface area contributed by atoms with Gasteiger partial charge in [-0.15, -0.1) is 10.2 Å². The largest absolute Gasteiger partial charge is 0.497 e. The fourth-order valence-electron chi connectivity index (χ4n) is 2.26. The van der Waals surface area contributed by atoms with E-state index in [4.69, 9.17) is 4.74 Å². The molecule has 3 rings (SSSR count). The van der Waals surface area contributed by atoms with Crippen LogP contribution in [-0.2, 0) is 4.79 Å². The van der Waals surface area contributed by atoms with Crippen molar-refractivity contribution >= 4 is 29.0 Å². The van der Waals surface area contributed by atoms with Gasteiger partial charge in [-0.3, -0.25) is 4.79 Å². The van der Waals surface area contributed by atoms with Crippen molar-refractivity contribution in [3.05, 3.63) is 42.2 Å². The van der Waals surface area contributed by atoms with Crippen LogP contribution in [-0.4, -0.2) is 38.6 Å². The Morgan fingerprint density at radius 3 is 2.88 bits per heavy atom. The quantitative estimate of drug-likeness (QED) is 0.683. The van der Waals surface area contributed by atoms with Crippen molar-refractivity contribution in [3.63, 3.8) is 0 Å². The van der Waals surface area contributed by atoms with Crippen molar-refractivity contribution in [1.82, 2.24) is 19.8 Å². The maximum absolute atomic E-state index is 12.1. The molecule has 0 saturated carbocycles. The van der Waals surface area contributed by atoms with E-state index in [1.807, 2.05) is 44.2 Å². The molecule has 8 heteroatoms. The van der Waals surface area contributed by atoms with E-state index >= 15 is 0 Å². The minimum absolute atomic E-state index is 0.104. The van der Waals surface area contributed by atoms with E-state index in [2.05, 4.69) is 20.6 Å². The number of thioether (sulfide) groups is 1. The first kappa shape index (κ1) is 17.2. The van der Waals surface area contributed by atoms with Crippen LogP contribution in [0, 0.1) is 0 Å². The number of hydrogen-bond donors (Lipinski definition) is 1. The Morgan fingerprint density at radius 1 is 1.28 bits per heavy atom. The number of carbonyl (C=O) groups is 1. The van der Waals surface area contributed by atoms with Crippen LogP contribution < -0.4 is 10.1 Å². The summed E-state index contributed by atoms with van der Waals surface area (Å²) in [6.07, 6.45) is 0. The minimum Gasteiger partial charge on any atom is -0.497 e. The van der Waals surface area contributed by atoms with Crippen LogP contribution in [0.4, 0.5) is 5.69 Å². The van der Waals surface area contributed by atoms with Gasteiger partial charge in [0.15, 0.2) is 11.5 Å². The molecule has 0 radical (unpaired) electrons. The molecule has 0 aliphatic rings. The third-order valence-corrected chi connectivity index (χ3v) is 4.40. The van der Waals surface area contributed by atoms with E-state index in [9.17, 15) is 4.79 Å². The molecule has 2 aromatic heterocycles. The van der Waals surface area contributed by atoms with Crippen LogP contribution in [0.25, 0.3) is 5.65 Å². The molecule has 0 unspecified atom stereocenters. The lowest BCUT2D eigenvalue weighted by Crippen LogP contribution is -2.14. The van der Waals surface area contributed by atoms with E-state index in [1.54, 1.807) is 17.7 Å². The lowest BCUT2D eigenvalue weighted by Gasteiger charge is -2.07. The SMILES string of the molecule is COc1cccc(NC(=O)CSc2ccc3nnc(C(C)C)n3n2)c1. The Bertz CT molecular complexity index is 894. The maximum Gasteiger partial charge on any atom is 0.234 e. The lowest BCUT2D eigenvalue weighted by atomic mass is 10.2. The highest BCUT2D eigenvalue weighted by molar-refractivity contribution is 7.99. The summed E-state index contributed by atoms with van der Waals surface area (Å²) >= 11 is 1.37. The number of ether oxygens (including phenoxy) is 1. The number of aromatic nitrogens is 4. The average molecular weight is 357 g/mol. The van der Waals surface area contributed by atoms with Crippen molar-refractivity contribution in [1.29, 1.82) is 0 Å². The van der Waals surface area contributed by atoms with Crippen LogP contribution in [0.5, 0.6) is 5.75 Å². The van der Waals surface area contributed by atoms with Crippen molar-refractivity contribution < 1.29 is 9.53 Å². The highest BCUT2D eigenvalue weighted by Gasteiger charge is 2.12. The molecule has 2 heterocycles. The molecule has 3 aromatic rings. The summed E-state index contributed by atoms with van der Waals surface area (Å²) in [7, 11) is 1.59. The number of anilines is 1. The molecule has 130 valence electrons. The third-order valence-electron chi connectivity index (χ3n) is 3.48. The molecule has 7 nitrogen and oxygen atoms in total. The highest BCUT2D eigenvalue weighted by Crippen LogP contribution is 2.20. The zero-order valence-electron chi connectivity index (χ0n) is 14.3. The summed E-state index contributed by atoms with van der Waals surface area (Å²) in [4.78, 5) is 12.1. The van der Waals surface area contributed by atoms with Gasteiger partial charge in [-0.25, -0.2) is 0 Å².